The van der Waals surface area contributed by atoms with Crippen molar-refractivity contribution in [1.29, 1.82) is 5.41 Å². The van der Waals surface area contributed by atoms with E-state index < -0.39 is 0 Å². The van der Waals surface area contributed by atoms with Crippen molar-refractivity contribution >= 4 is 5.84 Å². The highest BCUT2D eigenvalue weighted by molar-refractivity contribution is 5.94. The fourth-order valence-corrected chi connectivity index (χ4v) is 2.18. The zero-order valence-corrected chi connectivity index (χ0v) is 11.8. The predicted molar refractivity (Wildman–Crippen MR) is 79.4 cm³/mol. The number of nitrogens with zero attached hydrogens (tertiary/aromatic N) is 1. The number of nitrogens with two attached hydrogens (primary N) is 1. The fourth-order valence-electron chi connectivity index (χ4n) is 2.18. The van der Waals surface area contributed by atoms with Gasteiger partial charge in [0, 0.05) is 18.7 Å². The van der Waals surface area contributed by atoms with Crippen LogP contribution in [0.2, 0.25) is 0 Å². The topological polar surface area (TPSA) is 71.6 Å². The van der Waals surface area contributed by atoms with E-state index in [1.165, 1.54) is 0 Å². The minimum atomic E-state index is 0.0852. The van der Waals surface area contributed by atoms with Crippen LogP contribution in [0.25, 0.3) is 0 Å². The highest BCUT2D eigenvalue weighted by Crippen LogP contribution is 2.12. The molecule has 0 aliphatic carbocycles. The second-order valence-electron chi connectivity index (χ2n) is 4.95. The van der Waals surface area contributed by atoms with E-state index in [4.69, 9.17) is 20.6 Å². The minimum absolute atomic E-state index is 0.0852. The van der Waals surface area contributed by atoms with Crippen LogP contribution < -0.4 is 10.5 Å². The molecule has 0 unspecified atom stereocenters. The van der Waals surface area contributed by atoms with Crippen LogP contribution in [-0.4, -0.2) is 50.2 Å². The predicted octanol–water partition coefficient (Wildman–Crippen LogP) is 1.46. The summed E-state index contributed by atoms with van der Waals surface area (Å²) in [7, 11) is 0. The number of nitrogen functional groups attached to an aromatic ring is 1. The van der Waals surface area contributed by atoms with E-state index in [-0.39, 0.29) is 5.84 Å². The maximum atomic E-state index is 7.32. The van der Waals surface area contributed by atoms with Gasteiger partial charge in [-0.05, 0) is 43.7 Å². The van der Waals surface area contributed by atoms with Crippen molar-refractivity contribution < 1.29 is 9.47 Å². The maximum Gasteiger partial charge on any atom is 0.122 e. The summed E-state index contributed by atoms with van der Waals surface area (Å²) in [4.78, 5) is 2.44. The van der Waals surface area contributed by atoms with E-state index in [2.05, 4.69) is 4.90 Å². The highest BCUT2D eigenvalue weighted by atomic mass is 16.5. The summed E-state index contributed by atoms with van der Waals surface area (Å²) in [5.74, 6) is 0.920. The second kappa shape index (κ2) is 7.87. The Morgan fingerprint density at radius 1 is 1.20 bits per heavy atom. The van der Waals surface area contributed by atoms with Gasteiger partial charge in [-0.15, -0.1) is 0 Å². The molecule has 1 aromatic rings. The zero-order chi connectivity index (χ0) is 14.2. The van der Waals surface area contributed by atoms with Gasteiger partial charge in [0.1, 0.15) is 11.6 Å². The first kappa shape index (κ1) is 14.8. The van der Waals surface area contributed by atoms with Crippen LogP contribution in [0.15, 0.2) is 24.3 Å². The molecule has 110 valence electrons. The van der Waals surface area contributed by atoms with Gasteiger partial charge in [0.05, 0.1) is 19.8 Å². The Balaban J connectivity index is 1.59. The van der Waals surface area contributed by atoms with Crippen LogP contribution in [-0.2, 0) is 4.74 Å². The van der Waals surface area contributed by atoms with Gasteiger partial charge in [0.15, 0.2) is 0 Å². The normalized spacial score (nSPS) is 16.0. The average molecular weight is 277 g/mol. The molecule has 0 saturated carbocycles. The molecule has 20 heavy (non-hydrogen) atoms. The van der Waals surface area contributed by atoms with Crippen molar-refractivity contribution in [3.8, 4) is 5.75 Å². The van der Waals surface area contributed by atoms with Crippen LogP contribution in [0.5, 0.6) is 5.75 Å². The number of rotatable bonds is 7. The van der Waals surface area contributed by atoms with Crippen LogP contribution in [0.1, 0.15) is 18.4 Å². The highest BCUT2D eigenvalue weighted by Gasteiger charge is 2.08. The van der Waals surface area contributed by atoms with Gasteiger partial charge in [0.2, 0.25) is 0 Å². The molecule has 1 heterocycles. The zero-order valence-electron chi connectivity index (χ0n) is 11.8. The molecule has 0 aromatic heterocycles. The molecule has 3 N–H and O–H groups in total. The minimum Gasteiger partial charge on any atom is -0.494 e. The third-order valence-electron chi connectivity index (χ3n) is 3.41. The van der Waals surface area contributed by atoms with Gasteiger partial charge < -0.3 is 15.2 Å². The van der Waals surface area contributed by atoms with Gasteiger partial charge >= 0.3 is 0 Å². The first-order valence-corrected chi connectivity index (χ1v) is 7.13. The molecule has 0 radical (unpaired) electrons. The number of benzene rings is 1. The van der Waals surface area contributed by atoms with Gasteiger partial charge in [-0.25, -0.2) is 0 Å². The number of ether oxygens (including phenoxy) is 2. The van der Waals surface area contributed by atoms with Crippen molar-refractivity contribution in [2.75, 3.05) is 39.5 Å². The Hall–Kier alpha value is -1.59. The van der Waals surface area contributed by atoms with Gasteiger partial charge in [-0.1, -0.05) is 0 Å². The van der Waals surface area contributed by atoms with E-state index in [1.807, 2.05) is 24.3 Å². The largest absolute Gasteiger partial charge is 0.494 e. The van der Waals surface area contributed by atoms with E-state index in [9.17, 15) is 0 Å². The van der Waals surface area contributed by atoms with E-state index >= 15 is 0 Å². The molecule has 1 aliphatic heterocycles. The molecule has 1 saturated heterocycles. The quantitative estimate of drug-likeness (QED) is 0.450. The summed E-state index contributed by atoms with van der Waals surface area (Å²) in [6.07, 6.45) is 2.19. The van der Waals surface area contributed by atoms with Crippen molar-refractivity contribution in [1.82, 2.24) is 4.90 Å². The lowest BCUT2D eigenvalue weighted by molar-refractivity contribution is 0.0368. The van der Waals surface area contributed by atoms with Gasteiger partial charge in [-0.3, -0.25) is 10.3 Å². The number of hydrogen-bond acceptors (Lipinski definition) is 4. The second-order valence-corrected chi connectivity index (χ2v) is 4.95. The molecule has 0 bridgehead atoms. The molecular formula is C15H23N3O2. The Bertz CT molecular complexity index is 414. The number of nitrogens with one attached hydrogen (secondary N) is 1. The van der Waals surface area contributed by atoms with E-state index in [0.717, 1.165) is 63.6 Å². The Morgan fingerprint density at radius 2 is 1.90 bits per heavy atom. The van der Waals surface area contributed by atoms with Crippen molar-refractivity contribution in [3.05, 3.63) is 29.8 Å². The summed E-state index contributed by atoms with van der Waals surface area (Å²) < 4.78 is 11.0. The van der Waals surface area contributed by atoms with Crippen LogP contribution >= 0.6 is 0 Å². The molecule has 2 rings (SSSR count). The molecule has 1 fully saturated rings. The average Bonchev–Trinajstić information content (AvgIpc) is 2.48. The lowest BCUT2D eigenvalue weighted by Crippen LogP contribution is -2.36. The smallest absolute Gasteiger partial charge is 0.122 e. The molecule has 5 nitrogen and oxygen atoms in total. The van der Waals surface area contributed by atoms with Crippen molar-refractivity contribution in [2.45, 2.75) is 12.8 Å². The van der Waals surface area contributed by atoms with Crippen LogP contribution in [0.3, 0.4) is 0 Å². The SMILES string of the molecule is N=C(N)c1ccc(OCCCCN2CCOCC2)cc1. The van der Waals surface area contributed by atoms with Crippen LogP contribution in [0.4, 0.5) is 0 Å². The molecule has 1 aromatic carbocycles. The van der Waals surface area contributed by atoms with Gasteiger partial charge in [-0.2, -0.15) is 0 Å². The Morgan fingerprint density at radius 3 is 2.55 bits per heavy atom. The first-order chi connectivity index (χ1) is 9.75. The summed E-state index contributed by atoms with van der Waals surface area (Å²) >= 11 is 0. The Labute approximate surface area is 120 Å². The lowest BCUT2D eigenvalue weighted by Gasteiger charge is -2.26. The summed E-state index contributed by atoms with van der Waals surface area (Å²) in [5, 5.41) is 7.32. The molecule has 1 aliphatic rings. The molecule has 0 amide bonds. The fraction of sp³-hybridized carbons (Fsp3) is 0.533. The molecule has 0 atom stereocenters. The standard InChI is InChI=1S/C15H23N3O2/c16-15(17)13-3-5-14(6-4-13)20-10-2-1-7-18-8-11-19-12-9-18/h3-6H,1-2,7-12H2,(H3,16,17). The first-order valence-electron chi connectivity index (χ1n) is 7.13. The monoisotopic (exact) mass is 277 g/mol. The van der Waals surface area contributed by atoms with Crippen molar-refractivity contribution in [3.63, 3.8) is 0 Å². The number of morpholine rings is 1. The molecule has 0 spiro atoms. The maximum absolute atomic E-state index is 7.32. The number of unbranched alkanes of at least 4 members (excludes halogenated alkanes) is 1. The van der Waals surface area contributed by atoms with Gasteiger partial charge in [0.25, 0.3) is 0 Å². The van der Waals surface area contributed by atoms with Crippen molar-refractivity contribution in [2.24, 2.45) is 5.73 Å². The third-order valence-corrected chi connectivity index (χ3v) is 3.41. The van der Waals surface area contributed by atoms with E-state index in [1.54, 1.807) is 0 Å². The third kappa shape index (κ3) is 4.83. The molecular weight excluding hydrogens is 254 g/mol. The lowest BCUT2D eigenvalue weighted by atomic mass is 10.2. The summed E-state index contributed by atoms with van der Waals surface area (Å²) in [6.45, 7) is 5.67. The number of hydrogen-bond donors (Lipinski definition) is 2. The summed E-state index contributed by atoms with van der Waals surface area (Å²) in [6, 6.07) is 7.34. The summed E-state index contributed by atoms with van der Waals surface area (Å²) in [5.41, 5.74) is 6.13. The Kier molecular flexibility index (Phi) is 5.83. The number of amidine groups is 1. The van der Waals surface area contributed by atoms with E-state index in [0.29, 0.717) is 0 Å². The van der Waals surface area contributed by atoms with Crippen LogP contribution in [0, 0.1) is 5.41 Å². The molecule has 5 heteroatoms.